The van der Waals surface area contributed by atoms with E-state index < -0.39 is 0 Å². The van der Waals surface area contributed by atoms with Crippen molar-refractivity contribution in [1.29, 1.82) is 0 Å². The minimum absolute atomic E-state index is 0.0139. The molecule has 2 amide bonds. The fraction of sp³-hybridized carbons (Fsp3) is 0.471. The second-order valence-electron chi connectivity index (χ2n) is 6.07. The van der Waals surface area contributed by atoms with E-state index in [0.717, 1.165) is 31.5 Å². The molecule has 1 aliphatic rings. The zero-order chi connectivity index (χ0) is 16.2. The number of likely N-dealkylation sites (tertiary alicyclic amines) is 1. The monoisotopic (exact) mass is 313 g/mol. The summed E-state index contributed by atoms with van der Waals surface area (Å²) in [6, 6.07) is 3.95. The van der Waals surface area contributed by atoms with Crippen LogP contribution >= 0.6 is 0 Å². The molecule has 0 aliphatic carbocycles. The van der Waals surface area contributed by atoms with Crippen LogP contribution in [0.25, 0.3) is 0 Å². The summed E-state index contributed by atoms with van der Waals surface area (Å²) < 4.78 is 1.81. The summed E-state index contributed by atoms with van der Waals surface area (Å²) in [5.74, 6) is 0.385. The van der Waals surface area contributed by atoms with E-state index in [1.165, 1.54) is 5.56 Å². The highest BCUT2D eigenvalue weighted by Gasteiger charge is 2.29. The molecule has 122 valence electrons. The molecular formula is C17H23N5O. The normalized spacial score (nSPS) is 18.9. The number of hydrogen-bond acceptors (Lipinski definition) is 3. The molecule has 23 heavy (non-hydrogen) atoms. The van der Waals surface area contributed by atoms with Crippen LogP contribution in [-0.4, -0.2) is 38.8 Å². The Morgan fingerprint density at radius 3 is 2.87 bits per heavy atom. The van der Waals surface area contributed by atoms with Gasteiger partial charge in [0.15, 0.2) is 0 Å². The number of aryl methyl sites for hydroxylation is 1. The molecule has 0 saturated carbocycles. The minimum atomic E-state index is 0.0139. The molecule has 0 bridgehead atoms. The topological polar surface area (TPSA) is 63.1 Å². The predicted molar refractivity (Wildman–Crippen MR) is 87.9 cm³/mol. The van der Waals surface area contributed by atoms with Crippen molar-refractivity contribution in [3.63, 3.8) is 0 Å². The zero-order valence-electron chi connectivity index (χ0n) is 13.6. The third kappa shape index (κ3) is 3.52. The molecule has 2 aromatic heterocycles. The lowest BCUT2D eigenvalue weighted by Crippen LogP contribution is -2.40. The average molecular weight is 313 g/mol. The number of urea groups is 1. The van der Waals surface area contributed by atoms with E-state index in [0.29, 0.717) is 5.92 Å². The van der Waals surface area contributed by atoms with Crippen molar-refractivity contribution in [3.8, 4) is 0 Å². The Morgan fingerprint density at radius 2 is 2.22 bits per heavy atom. The molecule has 0 radical (unpaired) electrons. The molecule has 2 unspecified atom stereocenters. The van der Waals surface area contributed by atoms with Gasteiger partial charge in [-0.15, -0.1) is 0 Å². The van der Waals surface area contributed by atoms with E-state index >= 15 is 0 Å². The first-order valence-corrected chi connectivity index (χ1v) is 8.11. The molecule has 2 aromatic rings. The quantitative estimate of drug-likeness (QED) is 0.943. The number of amides is 2. The number of pyridine rings is 1. The Balaban J connectivity index is 1.60. The highest BCUT2D eigenvalue weighted by molar-refractivity contribution is 5.75. The van der Waals surface area contributed by atoms with Crippen molar-refractivity contribution in [3.05, 3.63) is 48.0 Å². The van der Waals surface area contributed by atoms with Crippen molar-refractivity contribution >= 4 is 6.03 Å². The summed E-state index contributed by atoms with van der Waals surface area (Å²) in [6.45, 7) is 3.62. The number of rotatable bonds is 4. The fourth-order valence-electron chi connectivity index (χ4n) is 3.12. The molecule has 1 fully saturated rings. The van der Waals surface area contributed by atoms with Crippen LogP contribution in [0.3, 0.4) is 0 Å². The van der Waals surface area contributed by atoms with Crippen LogP contribution in [0, 0.1) is 0 Å². The number of nitrogens with one attached hydrogen (secondary N) is 1. The lowest BCUT2D eigenvalue weighted by Gasteiger charge is -2.23. The first-order chi connectivity index (χ1) is 11.2. The molecule has 6 nitrogen and oxygen atoms in total. The van der Waals surface area contributed by atoms with E-state index in [1.807, 2.05) is 41.2 Å². The van der Waals surface area contributed by atoms with Crippen LogP contribution in [0.1, 0.15) is 42.9 Å². The van der Waals surface area contributed by atoms with Crippen molar-refractivity contribution in [2.75, 3.05) is 13.1 Å². The smallest absolute Gasteiger partial charge is 0.317 e. The van der Waals surface area contributed by atoms with E-state index in [-0.39, 0.29) is 12.1 Å². The van der Waals surface area contributed by atoms with Gasteiger partial charge in [0.2, 0.25) is 0 Å². The molecule has 1 saturated heterocycles. The lowest BCUT2D eigenvalue weighted by atomic mass is 10.0. The predicted octanol–water partition coefficient (Wildman–Crippen LogP) is 2.47. The standard InChI is InChI=1S/C17H23N5O/c1-3-16(13-4-7-18-8-5-13)20-17(23)22-9-6-14(12-22)15-10-19-21(2)11-15/h4-5,7-8,10-11,14,16H,3,6,9,12H2,1-2H3,(H,20,23). The van der Waals surface area contributed by atoms with Crippen LogP contribution in [0.5, 0.6) is 0 Å². The third-order valence-electron chi connectivity index (χ3n) is 4.49. The van der Waals surface area contributed by atoms with Gasteiger partial charge in [-0.05, 0) is 36.1 Å². The molecule has 6 heteroatoms. The third-order valence-corrected chi connectivity index (χ3v) is 4.49. The highest BCUT2D eigenvalue weighted by Crippen LogP contribution is 2.27. The van der Waals surface area contributed by atoms with Gasteiger partial charge < -0.3 is 10.2 Å². The Bertz CT molecular complexity index is 654. The summed E-state index contributed by atoms with van der Waals surface area (Å²) >= 11 is 0. The number of carbonyl (C=O) groups excluding carboxylic acids is 1. The van der Waals surface area contributed by atoms with Crippen molar-refractivity contribution < 1.29 is 4.79 Å². The van der Waals surface area contributed by atoms with Gasteiger partial charge >= 0.3 is 6.03 Å². The summed E-state index contributed by atoms with van der Waals surface area (Å²) in [5.41, 5.74) is 2.31. The van der Waals surface area contributed by atoms with Crippen molar-refractivity contribution in [1.82, 2.24) is 25.0 Å². The first kappa shape index (κ1) is 15.5. The molecule has 0 aromatic carbocycles. The zero-order valence-corrected chi connectivity index (χ0v) is 13.6. The van der Waals surface area contributed by atoms with E-state index in [2.05, 4.69) is 22.3 Å². The maximum atomic E-state index is 12.5. The van der Waals surface area contributed by atoms with Gasteiger partial charge in [-0.1, -0.05) is 6.92 Å². The fourth-order valence-corrected chi connectivity index (χ4v) is 3.12. The van der Waals surface area contributed by atoms with E-state index in [9.17, 15) is 4.79 Å². The van der Waals surface area contributed by atoms with Crippen LogP contribution < -0.4 is 5.32 Å². The lowest BCUT2D eigenvalue weighted by molar-refractivity contribution is 0.203. The van der Waals surface area contributed by atoms with Gasteiger partial charge in [-0.3, -0.25) is 9.67 Å². The van der Waals surface area contributed by atoms with E-state index in [1.54, 1.807) is 12.4 Å². The Hall–Kier alpha value is -2.37. The van der Waals surface area contributed by atoms with Crippen molar-refractivity contribution in [2.45, 2.75) is 31.7 Å². The summed E-state index contributed by atoms with van der Waals surface area (Å²) in [6.07, 6.45) is 9.31. The van der Waals surface area contributed by atoms with Gasteiger partial charge in [0.1, 0.15) is 0 Å². The molecule has 3 rings (SSSR count). The molecule has 1 N–H and O–H groups in total. The molecule has 1 aliphatic heterocycles. The number of carbonyl (C=O) groups is 1. The largest absolute Gasteiger partial charge is 0.331 e. The van der Waals surface area contributed by atoms with Crippen molar-refractivity contribution in [2.24, 2.45) is 7.05 Å². The molecule has 2 atom stereocenters. The average Bonchev–Trinajstić information content (AvgIpc) is 3.22. The van der Waals surface area contributed by atoms with Gasteiger partial charge in [0.25, 0.3) is 0 Å². The van der Waals surface area contributed by atoms with Crippen LogP contribution in [0.4, 0.5) is 4.79 Å². The summed E-state index contributed by atoms with van der Waals surface area (Å²) in [5, 5.41) is 7.36. The molecule has 0 spiro atoms. The second-order valence-corrected chi connectivity index (χ2v) is 6.07. The van der Waals surface area contributed by atoms with Crippen LogP contribution in [-0.2, 0) is 7.05 Å². The summed E-state index contributed by atoms with van der Waals surface area (Å²) in [4.78, 5) is 18.5. The van der Waals surface area contributed by atoms with Crippen LogP contribution in [0.15, 0.2) is 36.9 Å². The second kappa shape index (κ2) is 6.81. The van der Waals surface area contributed by atoms with Crippen LogP contribution in [0.2, 0.25) is 0 Å². The molecular weight excluding hydrogens is 290 g/mol. The Morgan fingerprint density at radius 1 is 1.43 bits per heavy atom. The maximum absolute atomic E-state index is 12.5. The number of nitrogens with zero attached hydrogens (tertiary/aromatic N) is 4. The number of hydrogen-bond donors (Lipinski definition) is 1. The van der Waals surface area contributed by atoms with Gasteiger partial charge in [0.05, 0.1) is 12.2 Å². The minimum Gasteiger partial charge on any atom is -0.331 e. The maximum Gasteiger partial charge on any atom is 0.317 e. The van der Waals surface area contributed by atoms with Gasteiger partial charge in [-0.25, -0.2) is 4.79 Å². The number of aromatic nitrogens is 3. The SMILES string of the molecule is CCC(NC(=O)N1CCC(c2cnn(C)c2)C1)c1ccncc1. The van der Waals surface area contributed by atoms with E-state index in [4.69, 9.17) is 0 Å². The van der Waals surface area contributed by atoms with Gasteiger partial charge in [0, 0.05) is 44.6 Å². The molecule has 3 heterocycles. The first-order valence-electron chi connectivity index (χ1n) is 8.11. The Labute approximate surface area is 136 Å². The summed E-state index contributed by atoms with van der Waals surface area (Å²) in [7, 11) is 1.92. The Kier molecular flexibility index (Phi) is 4.60. The highest BCUT2D eigenvalue weighted by atomic mass is 16.2. The van der Waals surface area contributed by atoms with Gasteiger partial charge in [-0.2, -0.15) is 5.10 Å².